The van der Waals surface area contributed by atoms with Gasteiger partial charge >= 0.3 is 0 Å². The number of hydrogen-bond acceptors (Lipinski definition) is 10. The van der Waals surface area contributed by atoms with Crippen molar-refractivity contribution in [1.82, 2.24) is 48.7 Å². The molecule has 4 atom stereocenters. The number of carbonyl (C=O) groups excluding carboxylic acids is 2. The van der Waals surface area contributed by atoms with E-state index in [0.29, 0.717) is 64.5 Å². The molecule has 80 heavy (non-hydrogen) atoms. The molecule has 16 nitrogen and oxygen atoms in total. The maximum Gasteiger partial charge on any atom is 0.271 e. The molecule has 9 aromatic rings. The van der Waals surface area contributed by atoms with Crippen molar-refractivity contribution >= 4 is 55.3 Å². The van der Waals surface area contributed by atoms with Crippen molar-refractivity contribution in [2.75, 3.05) is 10.6 Å². The number of benzene rings is 3. The van der Waals surface area contributed by atoms with Crippen molar-refractivity contribution < 1.29 is 44.3 Å². The van der Waals surface area contributed by atoms with Crippen molar-refractivity contribution in [2.24, 2.45) is 14.1 Å². The summed E-state index contributed by atoms with van der Waals surface area (Å²) >= 11 is 0. The number of rotatable bonds is 12. The van der Waals surface area contributed by atoms with E-state index in [-0.39, 0.29) is 80.2 Å². The van der Waals surface area contributed by atoms with E-state index in [0.717, 1.165) is 53.8 Å². The molecule has 2 saturated carbocycles. The molecule has 0 unspecified atom stereocenters. The number of aromatic amines is 1. The zero-order chi connectivity index (χ0) is 56.7. The first-order chi connectivity index (χ1) is 38.2. The van der Waals surface area contributed by atoms with Gasteiger partial charge < -0.3 is 35.4 Å². The Balaban J connectivity index is 0.000000186. The molecule has 0 bridgehead atoms. The van der Waals surface area contributed by atoms with E-state index in [1.165, 1.54) is 36.5 Å². The number of carbonyl (C=O) groups is 2. The van der Waals surface area contributed by atoms with Crippen LogP contribution in [-0.4, -0.2) is 82.4 Å². The lowest BCUT2D eigenvalue weighted by Gasteiger charge is -2.30. The number of hydrogen-bond donors (Lipinski definition) is 5. The number of amides is 2. The minimum Gasteiger partial charge on any atom is -0.365 e. The Kier molecular flexibility index (Phi) is 15.3. The standard InChI is InChI=1S/C32H31F3N6O3S.C25H25F3N6O/c1-18-7-9-23(10-8-18)45(43,44)41-15-25(24-12-20(33)13-26(34)30(24)41)29-19(2)11-27(35)31(39-29)37-21-5-4-6-22(14-21)38-32(42)28-16-40(3)17-36-28;1-13-6-20(28)24(33-22(13)18-10-29-23-17(18)7-14(26)8-19(23)27)31-15-4-3-5-16(9-15)32-25(35)21-11-34(2)12-30-21/h7-13,15-17,21-22H,4-6,14H2,1-3H3,(H,37,39)(H,38,42);6-8,10-12,15-16,29H,3-5,9H2,1-2H3,(H,31,33)(H,32,35)/t21-,22+;15-,16+/m11/s1. The number of halogens is 6. The Bertz CT molecular complexity index is 3950. The summed E-state index contributed by atoms with van der Waals surface area (Å²) in [6.45, 7) is 5.10. The van der Waals surface area contributed by atoms with Gasteiger partial charge in [-0.15, -0.1) is 0 Å². The molecular formula is C57H56F6N12O4S. The molecular weight excluding hydrogens is 1060 g/mol. The maximum atomic E-state index is 15.3. The Labute approximate surface area is 456 Å². The van der Waals surface area contributed by atoms with E-state index >= 15 is 8.78 Å². The van der Waals surface area contributed by atoms with Gasteiger partial charge in [0, 0.05) is 97.1 Å². The quantitative estimate of drug-likeness (QED) is 0.0734. The van der Waals surface area contributed by atoms with E-state index in [4.69, 9.17) is 0 Å². The zero-order valence-corrected chi connectivity index (χ0v) is 45.0. The van der Waals surface area contributed by atoms with Crippen LogP contribution >= 0.6 is 0 Å². The number of pyridine rings is 2. The van der Waals surface area contributed by atoms with Gasteiger partial charge in [-0.2, -0.15) is 0 Å². The highest BCUT2D eigenvalue weighted by Crippen LogP contribution is 2.38. The van der Waals surface area contributed by atoms with Gasteiger partial charge in [-0.25, -0.2) is 58.7 Å². The summed E-state index contributed by atoms with van der Waals surface area (Å²) in [6, 6.07) is 11.8. The van der Waals surface area contributed by atoms with Crippen molar-refractivity contribution in [3.05, 3.63) is 161 Å². The van der Waals surface area contributed by atoms with Crippen LogP contribution in [0.2, 0.25) is 0 Å². The maximum absolute atomic E-state index is 15.3. The van der Waals surface area contributed by atoms with Gasteiger partial charge in [0.25, 0.3) is 21.8 Å². The summed E-state index contributed by atoms with van der Waals surface area (Å²) < 4.78 is 120. The van der Waals surface area contributed by atoms with Crippen LogP contribution in [0, 0.1) is 55.7 Å². The van der Waals surface area contributed by atoms with Crippen molar-refractivity contribution in [2.45, 2.75) is 101 Å². The molecule has 2 fully saturated rings. The zero-order valence-electron chi connectivity index (χ0n) is 44.1. The molecule has 2 amide bonds. The topological polar surface area (TPSA) is 199 Å². The summed E-state index contributed by atoms with van der Waals surface area (Å²) in [5, 5.41) is 12.6. The SMILES string of the molecule is Cc1cc(F)c(N[C@@H]2CCC[C@H](NC(=O)c3cn(C)cn3)C2)nc1-c1c[nH]c2c(F)cc(F)cc12.Cc1ccc(S(=O)(=O)n2cc(-c3nc(N[C@@H]4CCC[C@H](NC(=O)c5cn(C)cn5)C4)c(F)cc3C)c3cc(F)cc(F)c32)cc1. The normalized spacial score (nSPS) is 17.5. The Hall–Kier alpha value is -8.47. The van der Waals surface area contributed by atoms with Crippen LogP contribution < -0.4 is 21.3 Å². The first kappa shape index (κ1) is 54.9. The number of nitrogens with zero attached hydrogens (tertiary/aromatic N) is 7. The highest BCUT2D eigenvalue weighted by molar-refractivity contribution is 7.90. The van der Waals surface area contributed by atoms with Crippen molar-refractivity contribution in [3.63, 3.8) is 0 Å². The lowest BCUT2D eigenvalue weighted by atomic mass is 9.90. The van der Waals surface area contributed by atoms with Crippen LogP contribution in [0.5, 0.6) is 0 Å². The minimum absolute atomic E-state index is 0.0219. The summed E-state index contributed by atoms with van der Waals surface area (Å²) in [6.07, 6.45) is 14.9. The number of fused-ring (bicyclic) bond motifs is 2. The van der Waals surface area contributed by atoms with E-state index in [1.807, 2.05) is 6.92 Å². The summed E-state index contributed by atoms with van der Waals surface area (Å²) in [5.41, 5.74) is 3.43. The fraction of sp³-hybridized carbons (Fsp3) is 0.298. The molecule has 0 saturated heterocycles. The number of anilines is 2. The predicted octanol–water partition coefficient (Wildman–Crippen LogP) is 10.7. The van der Waals surface area contributed by atoms with Gasteiger partial charge in [0.2, 0.25) is 0 Å². The van der Waals surface area contributed by atoms with Crippen molar-refractivity contribution in [1.29, 1.82) is 0 Å². The van der Waals surface area contributed by atoms with Gasteiger partial charge in [0.05, 0.1) is 34.5 Å². The molecule has 5 N–H and O–H groups in total. The average Bonchev–Trinajstić information content (AvgIpc) is 4.30. The van der Waals surface area contributed by atoms with Crippen molar-refractivity contribution in [3.8, 4) is 22.5 Å². The smallest absolute Gasteiger partial charge is 0.271 e. The van der Waals surface area contributed by atoms with E-state index in [2.05, 4.69) is 46.2 Å². The molecule has 2 aliphatic rings. The number of aryl methyl sites for hydroxylation is 5. The predicted molar refractivity (Wildman–Crippen MR) is 290 cm³/mol. The Morgan fingerprint density at radius 1 is 0.600 bits per heavy atom. The van der Waals surface area contributed by atoms with E-state index in [1.54, 1.807) is 80.5 Å². The van der Waals surface area contributed by atoms with Crippen LogP contribution in [0.15, 0.2) is 103 Å². The fourth-order valence-corrected chi connectivity index (χ4v) is 12.0. The molecule has 11 rings (SSSR count). The highest BCUT2D eigenvalue weighted by Gasteiger charge is 2.30. The molecule has 6 aromatic heterocycles. The Morgan fingerprint density at radius 3 is 1.60 bits per heavy atom. The third-order valence-corrected chi connectivity index (χ3v) is 16.2. The second-order valence-electron chi connectivity index (χ2n) is 20.6. The van der Waals surface area contributed by atoms with Crippen LogP contribution in [0.4, 0.5) is 38.0 Å². The number of H-pyrrole nitrogens is 1. The first-order valence-electron chi connectivity index (χ1n) is 25.9. The second-order valence-corrected chi connectivity index (χ2v) is 22.4. The lowest BCUT2D eigenvalue weighted by Crippen LogP contribution is -2.42. The molecule has 2 aliphatic carbocycles. The average molecular weight is 1120 g/mol. The van der Waals surface area contributed by atoms with Gasteiger partial charge in [-0.05, 0) is 120 Å². The van der Waals surface area contributed by atoms with Crippen LogP contribution in [0.3, 0.4) is 0 Å². The fourth-order valence-electron chi connectivity index (χ4n) is 10.6. The van der Waals surface area contributed by atoms with Gasteiger partial charge in [-0.1, -0.05) is 17.7 Å². The Morgan fingerprint density at radius 2 is 1.09 bits per heavy atom. The molecule has 0 aliphatic heterocycles. The van der Waals surface area contributed by atoms with E-state index in [9.17, 15) is 35.6 Å². The monoisotopic (exact) mass is 1120 g/mol. The summed E-state index contributed by atoms with van der Waals surface area (Å²) in [7, 11) is -0.727. The third kappa shape index (κ3) is 11.5. The highest BCUT2D eigenvalue weighted by atomic mass is 32.2. The first-order valence-corrected chi connectivity index (χ1v) is 27.4. The number of nitrogens with one attached hydrogen (secondary N) is 5. The van der Waals surface area contributed by atoms with Crippen LogP contribution in [0.25, 0.3) is 44.3 Å². The molecule has 3 aromatic carbocycles. The molecule has 416 valence electrons. The number of aromatic nitrogens is 8. The molecule has 6 heterocycles. The largest absolute Gasteiger partial charge is 0.365 e. The van der Waals surface area contributed by atoms with Gasteiger partial charge in [0.1, 0.15) is 34.4 Å². The van der Waals surface area contributed by atoms with E-state index < -0.39 is 44.9 Å². The van der Waals surface area contributed by atoms with Crippen LogP contribution in [0.1, 0.15) is 89.0 Å². The summed E-state index contributed by atoms with van der Waals surface area (Å²) in [4.78, 5) is 45.1. The minimum atomic E-state index is -4.30. The molecule has 0 radical (unpaired) electrons. The molecule has 23 heteroatoms. The van der Waals surface area contributed by atoms with Gasteiger partial charge in [0.15, 0.2) is 29.1 Å². The lowest BCUT2D eigenvalue weighted by molar-refractivity contribution is 0.0913. The second kappa shape index (κ2) is 22.3. The third-order valence-electron chi connectivity index (χ3n) is 14.5. The van der Waals surface area contributed by atoms with Crippen LogP contribution in [-0.2, 0) is 24.1 Å². The van der Waals surface area contributed by atoms with Gasteiger partial charge in [-0.3, -0.25) is 9.59 Å². The summed E-state index contributed by atoms with van der Waals surface area (Å²) in [5.74, 6) is -5.06. The molecule has 0 spiro atoms. The number of imidazole rings is 2.